The zero-order chi connectivity index (χ0) is 25.6. The average molecular weight is 494 g/mol. The van der Waals surface area contributed by atoms with Crippen molar-refractivity contribution in [2.24, 2.45) is 13.0 Å². The van der Waals surface area contributed by atoms with Crippen LogP contribution in [0.4, 0.5) is 10.5 Å². The van der Waals surface area contributed by atoms with Crippen LogP contribution in [0.2, 0.25) is 0 Å². The van der Waals surface area contributed by atoms with Crippen molar-refractivity contribution in [2.45, 2.75) is 76.8 Å². The molecule has 9 heteroatoms. The molecule has 1 fully saturated rings. The number of imidazole rings is 1. The summed E-state index contributed by atoms with van der Waals surface area (Å²) in [5.74, 6) is 0.0355. The molecule has 1 aliphatic heterocycles. The van der Waals surface area contributed by atoms with Gasteiger partial charge in [-0.3, -0.25) is 14.4 Å². The molecule has 1 aromatic carbocycles. The number of carbonyl (C=O) groups is 2. The van der Waals surface area contributed by atoms with Crippen LogP contribution in [0.3, 0.4) is 0 Å². The molecule has 0 radical (unpaired) electrons. The maximum absolute atomic E-state index is 12.6. The van der Waals surface area contributed by atoms with E-state index in [1.165, 1.54) is 7.11 Å². The summed E-state index contributed by atoms with van der Waals surface area (Å²) in [7, 11) is 3.33. The van der Waals surface area contributed by atoms with E-state index in [0.717, 1.165) is 72.2 Å². The van der Waals surface area contributed by atoms with Gasteiger partial charge in [-0.25, -0.2) is 9.78 Å². The number of hydrogen-bond donors (Lipinski definition) is 1. The van der Waals surface area contributed by atoms with Crippen molar-refractivity contribution >= 4 is 28.8 Å². The number of nitrogens with zero attached hydrogens (tertiary/aromatic N) is 5. The number of fused-ring (bicyclic) bond motifs is 3. The van der Waals surface area contributed by atoms with Crippen molar-refractivity contribution in [3.63, 3.8) is 0 Å². The van der Waals surface area contributed by atoms with Crippen LogP contribution in [-0.2, 0) is 29.4 Å². The SMILES string of the molecule is COC(=O)N1c2ccc3c(nc([C@@H](C)Cc4cnn(C)c4)n3[C@@H]3CCC[C@@H](C(=O)O)C3)c2CC[C@@H]1C. The standard InChI is InChI=1S/C27H35N5O4/c1-16(12-18-14-28-30(3)15-18)25-29-24-21-9-8-17(2)31(27(35)36-4)22(21)10-11-23(24)32(25)20-7-5-6-19(13-20)26(33)34/h10-11,14-17,19-20H,5-9,12-13H2,1-4H3,(H,33,34)/t16-,17-,19+,20+/m0/s1. The third kappa shape index (κ3) is 4.24. The highest BCUT2D eigenvalue weighted by Gasteiger charge is 2.35. The van der Waals surface area contributed by atoms with E-state index in [1.54, 1.807) is 4.90 Å². The molecule has 36 heavy (non-hydrogen) atoms. The number of anilines is 1. The van der Waals surface area contributed by atoms with Crippen molar-refractivity contribution in [3.8, 4) is 0 Å². The van der Waals surface area contributed by atoms with E-state index < -0.39 is 5.97 Å². The molecular weight excluding hydrogens is 458 g/mol. The van der Waals surface area contributed by atoms with Crippen LogP contribution in [-0.4, -0.2) is 49.7 Å². The topological polar surface area (TPSA) is 102 Å². The average Bonchev–Trinajstić information content (AvgIpc) is 3.46. The molecule has 0 unspecified atom stereocenters. The van der Waals surface area contributed by atoms with E-state index in [1.807, 2.05) is 37.1 Å². The third-order valence-corrected chi connectivity index (χ3v) is 7.96. The predicted molar refractivity (Wildman–Crippen MR) is 136 cm³/mol. The summed E-state index contributed by atoms with van der Waals surface area (Å²) in [5, 5.41) is 14.1. The fraction of sp³-hybridized carbons (Fsp3) is 0.556. The third-order valence-electron chi connectivity index (χ3n) is 7.96. The lowest BCUT2D eigenvalue weighted by Crippen LogP contribution is -2.42. The molecule has 3 heterocycles. The molecule has 3 aromatic rings. The molecule has 0 bridgehead atoms. The van der Waals surface area contributed by atoms with Crippen molar-refractivity contribution in [2.75, 3.05) is 12.0 Å². The van der Waals surface area contributed by atoms with E-state index in [-0.39, 0.29) is 30.0 Å². The van der Waals surface area contributed by atoms with Crippen LogP contribution in [0.5, 0.6) is 0 Å². The summed E-state index contributed by atoms with van der Waals surface area (Å²) in [6, 6.07) is 4.19. The van der Waals surface area contributed by atoms with Gasteiger partial charge >= 0.3 is 12.1 Å². The molecule has 192 valence electrons. The van der Waals surface area contributed by atoms with Gasteiger partial charge in [-0.2, -0.15) is 5.10 Å². The molecule has 1 saturated carbocycles. The highest BCUT2D eigenvalue weighted by atomic mass is 16.5. The fourth-order valence-corrected chi connectivity index (χ4v) is 6.17. The second-order valence-corrected chi connectivity index (χ2v) is 10.5. The first-order valence-electron chi connectivity index (χ1n) is 12.9. The highest BCUT2D eigenvalue weighted by molar-refractivity contribution is 5.95. The summed E-state index contributed by atoms with van der Waals surface area (Å²) < 4.78 is 9.21. The molecule has 2 aromatic heterocycles. The Labute approximate surface area is 211 Å². The van der Waals surface area contributed by atoms with E-state index in [0.29, 0.717) is 6.42 Å². The first-order valence-corrected chi connectivity index (χ1v) is 12.9. The molecule has 1 aliphatic carbocycles. The lowest BCUT2D eigenvalue weighted by atomic mass is 9.85. The van der Waals surface area contributed by atoms with Gasteiger partial charge < -0.3 is 14.4 Å². The van der Waals surface area contributed by atoms with Gasteiger partial charge in [0.15, 0.2) is 0 Å². The van der Waals surface area contributed by atoms with Crippen molar-refractivity contribution in [1.29, 1.82) is 0 Å². The largest absolute Gasteiger partial charge is 0.481 e. The number of carboxylic acid groups (broad SMARTS) is 1. The number of aryl methyl sites for hydroxylation is 2. The smallest absolute Gasteiger partial charge is 0.414 e. The van der Waals surface area contributed by atoms with Crippen molar-refractivity contribution in [3.05, 3.63) is 41.5 Å². The fourth-order valence-electron chi connectivity index (χ4n) is 6.17. The first kappa shape index (κ1) is 24.3. The second kappa shape index (κ2) is 9.59. The number of aromatic nitrogens is 4. The zero-order valence-corrected chi connectivity index (χ0v) is 21.5. The predicted octanol–water partition coefficient (Wildman–Crippen LogP) is 4.84. The van der Waals surface area contributed by atoms with Gasteiger partial charge in [0.2, 0.25) is 0 Å². The van der Waals surface area contributed by atoms with E-state index >= 15 is 0 Å². The van der Waals surface area contributed by atoms with Crippen molar-refractivity contribution < 1.29 is 19.4 Å². The van der Waals surface area contributed by atoms with Crippen LogP contribution in [0, 0.1) is 5.92 Å². The van der Waals surface area contributed by atoms with Gasteiger partial charge in [0.1, 0.15) is 5.82 Å². The Hall–Kier alpha value is -3.36. The molecule has 1 N–H and O–H groups in total. The lowest BCUT2D eigenvalue weighted by Gasteiger charge is -2.34. The quantitative estimate of drug-likeness (QED) is 0.546. The summed E-state index contributed by atoms with van der Waals surface area (Å²) in [6.07, 6.45) is 9.17. The molecule has 2 aliphatic rings. The number of aliphatic carboxylic acids is 1. The number of amides is 1. The van der Waals surface area contributed by atoms with Crippen molar-refractivity contribution in [1.82, 2.24) is 19.3 Å². The summed E-state index contributed by atoms with van der Waals surface area (Å²) in [4.78, 5) is 31.4. The summed E-state index contributed by atoms with van der Waals surface area (Å²) >= 11 is 0. The van der Waals surface area contributed by atoms with Crippen LogP contribution in [0.15, 0.2) is 24.5 Å². The molecule has 9 nitrogen and oxygen atoms in total. The van der Waals surface area contributed by atoms with Gasteiger partial charge in [-0.05, 0) is 63.1 Å². The summed E-state index contributed by atoms with van der Waals surface area (Å²) in [5.41, 5.74) is 5.01. The minimum atomic E-state index is -0.714. The Morgan fingerprint density at radius 3 is 2.75 bits per heavy atom. The minimum absolute atomic E-state index is 0.0446. The molecule has 0 saturated heterocycles. The Morgan fingerprint density at radius 2 is 2.06 bits per heavy atom. The van der Waals surface area contributed by atoms with Gasteiger partial charge in [0, 0.05) is 36.8 Å². The maximum Gasteiger partial charge on any atom is 0.414 e. The lowest BCUT2D eigenvalue weighted by molar-refractivity contribution is -0.143. The molecule has 1 amide bonds. The number of carboxylic acids is 1. The number of hydrogen-bond acceptors (Lipinski definition) is 5. The van der Waals surface area contributed by atoms with Gasteiger partial charge in [-0.1, -0.05) is 13.3 Å². The van der Waals surface area contributed by atoms with Crippen LogP contribution in [0.1, 0.15) is 74.9 Å². The van der Waals surface area contributed by atoms with E-state index in [2.05, 4.69) is 22.7 Å². The Morgan fingerprint density at radius 1 is 1.25 bits per heavy atom. The second-order valence-electron chi connectivity index (χ2n) is 10.5. The van der Waals surface area contributed by atoms with Crippen LogP contribution < -0.4 is 4.90 Å². The van der Waals surface area contributed by atoms with E-state index in [4.69, 9.17) is 9.72 Å². The van der Waals surface area contributed by atoms with Crippen LogP contribution in [0.25, 0.3) is 11.0 Å². The molecule has 5 rings (SSSR count). The number of carbonyl (C=O) groups excluding carboxylic acids is 1. The maximum atomic E-state index is 12.6. The molecule has 0 spiro atoms. The van der Waals surface area contributed by atoms with Gasteiger partial charge in [0.25, 0.3) is 0 Å². The minimum Gasteiger partial charge on any atom is -0.481 e. The summed E-state index contributed by atoms with van der Waals surface area (Å²) in [6.45, 7) is 4.22. The number of ether oxygens (including phenoxy) is 1. The normalized spacial score (nSPS) is 22.9. The number of rotatable bonds is 5. The Bertz CT molecular complexity index is 1290. The number of methoxy groups -OCH3 is 1. The van der Waals surface area contributed by atoms with Gasteiger partial charge in [-0.15, -0.1) is 0 Å². The van der Waals surface area contributed by atoms with E-state index in [9.17, 15) is 14.7 Å². The molecular formula is C27H35N5O4. The Balaban J connectivity index is 1.64. The molecule has 4 atom stereocenters. The highest BCUT2D eigenvalue weighted by Crippen LogP contribution is 2.42. The monoisotopic (exact) mass is 493 g/mol. The Kier molecular flexibility index (Phi) is 6.49. The first-order chi connectivity index (χ1) is 17.3. The number of benzene rings is 1. The zero-order valence-electron chi connectivity index (χ0n) is 21.5. The van der Waals surface area contributed by atoms with Gasteiger partial charge in [0.05, 0.1) is 35.9 Å². The van der Waals surface area contributed by atoms with Crippen LogP contribution >= 0.6 is 0 Å².